The number of rotatable bonds is 5. The highest BCUT2D eigenvalue weighted by Crippen LogP contribution is 2.17. The molecule has 2 N–H and O–H groups in total. The van der Waals surface area contributed by atoms with E-state index in [1.807, 2.05) is 38.1 Å². The number of fused-ring (bicyclic) bond motifs is 1. The summed E-state index contributed by atoms with van der Waals surface area (Å²) in [6.45, 7) is 6.79. The Bertz CT molecular complexity index is 586. The maximum Gasteiger partial charge on any atom is 0.157 e. The molecule has 0 fully saturated rings. The van der Waals surface area contributed by atoms with Crippen molar-refractivity contribution in [2.24, 2.45) is 11.7 Å². The topological polar surface area (TPSA) is 60.9 Å². The molecule has 1 heterocycles. The fourth-order valence-corrected chi connectivity index (χ4v) is 2.26. The predicted molar refractivity (Wildman–Crippen MR) is 76.9 cm³/mol. The predicted octanol–water partition coefficient (Wildman–Crippen LogP) is 2.15. The monoisotopic (exact) mass is 259 g/mol. The molecule has 2 aromatic rings. The summed E-state index contributed by atoms with van der Waals surface area (Å²) >= 11 is 0. The minimum Gasteiger partial charge on any atom is -0.328 e. The summed E-state index contributed by atoms with van der Waals surface area (Å²) < 4.78 is 2.08. The molecule has 1 aromatic carbocycles. The van der Waals surface area contributed by atoms with Crippen molar-refractivity contribution in [2.75, 3.05) is 0 Å². The minimum atomic E-state index is -0.412. The third-order valence-electron chi connectivity index (χ3n) is 3.47. The number of nitrogens with zero attached hydrogens (tertiary/aromatic N) is 2. The van der Waals surface area contributed by atoms with Gasteiger partial charge < -0.3 is 10.3 Å². The zero-order chi connectivity index (χ0) is 14.0. The van der Waals surface area contributed by atoms with Gasteiger partial charge in [-0.2, -0.15) is 0 Å². The molecule has 102 valence electrons. The molecule has 1 atom stereocenters. The lowest BCUT2D eigenvalue weighted by molar-refractivity contribution is -0.120. The highest BCUT2D eigenvalue weighted by molar-refractivity contribution is 5.86. The molecule has 0 bridgehead atoms. The molecule has 0 spiro atoms. The van der Waals surface area contributed by atoms with E-state index in [0.29, 0.717) is 6.42 Å². The average Bonchev–Trinajstić information content (AvgIpc) is 2.74. The van der Waals surface area contributed by atoms with E-state index >= 15 is 0 Å². The van der Waals surface area contributed by atoms with E-state index in [2.05, 4.69) is 16.5 Å². The Kier molecular flexibility index (Phi) is 4.00. The summed E-state index contributed by atoms with van der Waals surface area (Å²) in [5, 5.41) is 0. The van der Waals surface area contributed by atoms with E-state index in [-0.39, 0.29) is 11.7 Å². The smallest absolute Gasteiger partial charge is 0.157 e. The van der Waals surface area contributed by atoms with Crippen molar-refractivity contribution in [3.8, 4) is 0 Å². The van der Waals surface area contributed by atoms with Crippen LogP contribution >= 0.6 is 0 Å². The number of ketones is 1. The van der Waals surface area contributed by atoms with Crippen molar-refractivity contribution in [1.82, 2.24) is 9.55 Å². The van der Waals surface area contributed by atoms with Gasteiger partial charge in [0.25, 0.3) is 0 Å². The number of aromatic nitrogens is 2. The number of carbonyl (C=O) groups is 1. The summed E-state index contributed by atoms with van der Waals surface area (Å²) in [6, 6.07) is 7.53. The van der Waals surface area contributed by atoms with Gasteiger partial charge in [-0.3, -0.25) is 4.79 Å². The number of carbonyl (C=O) groups excluding carboxylic acids is 1. The van der Waals surface area contributed by atoms with Crippen LogP contribution in [0.1, 0.15) is 26.6 Å². The molecule has 1 aromatic heterocycles. The van der Waals surface area contributed by atoms with Crippen molar-refractivity contribution in [2.45, 2.75) is 39.8 Å². The molecule has 0 saturated heterocycles. The summed E-state index contributed by atoms with van der Waals surface area (Å²) in [5.41, 5.74) is 7.92. The van der Waals surface area contributed by atoms with Crippen molar-refractivity contribution in [3.05, 3.63) is 30.1 Å². The molecule has 0 aliphatic rings. The summed E-state index contributed by atoms with van der Waals surface area (Å²) in [7, 11) is 0. The zero-order valence-corrected chi connectivity index (χ0v) is 11.8. The normalized spacial score (nSPS) is 13.1. The Hall–Kier alpha value is -1.68. The number of benzene rings is 1. The Morgan fingerprint density at radius 1 is 1.37 bits per heavy atom. The third-order valence-corrected chi connectivity index (χ3v) is 3.47. The first-order chi connectivity index (χ1) is 9.04. The third kappa shape index (κ3) is 2.68. The van der Waals surface area contributed by atoms with Gasteiger partial charge in [-0.05, 0) is 25.0 Å². The first kappa shape index (κ1) is 13.7. The molecule has 0 aliphatic carbocycles. The Balaban J connectivity index is 2.32. The molecule has 4 heteroatoms. The summed E-state index contributed by atoms with van der Waals surface area (Å²) in [6.07, 6.45) is 0.307. The van der Waals surface area contributed by atoms with Crippen LogP contribution in [0.4, 0.5) is 0 Å². The van der Waals surface area contributed by atoms with Gasteiger partial charge in [0, 0.05) is 6.54 Å². The molecule has 0 radical (unpaired) electrons. The van der Waals surface area contributed by atoms with Gasteiger partial charge in [0.15, 0.2) is 5.78 Å². The van der Waals surface area contributed by atoms with Crippen LogP contribution in [0.15, 0.2) is 24.3 Å². The van der Waals surface area contributed by atoms with E-state index in [1.165, 1.54) is 0 Å². The summed E-state index contributed by atoms with van der Waals surface area (Å²) in [4.78, 5) is 16.7. The van der Waals surface area contributed by atoms with Crippen LogP contribution in [0, 0.1) is 5.92 Å². The van der Waals surface area contributed by atoms with Gasteiger partial charge in [0.1, 0.15) is 5.82 Å². The van der Waals surface area contributed by atoms with Crippen molar-refractivity contribution in [1.29, 1.82) is 0 Å². The van der Waals surface area contributed by atoms with Crippen LogP contribution in [0.25, 0.3) is 11.0 Å². The number of Topliss-reactive ketones (excluding diaryl/α,β-unsaturated/α-hetero) is 1. The Labute approximate surface area is 113 Å². The van der Waals surface area contributed by atoms with E-state index in [1.54, 1.807) is 0 Å². The fourth-order valence-electron chi connectivity index (χ4n) is 2.26. The molecule has 1 unspecified atom stereocenters. The molecule has 0 saturated carbocycles. The van der Waals surface area contributed by atoms with Gasteiger partial charge in [-0.1, -0.05) is 26.0 Å². The molecular formula is C15H21N3O. The van der Waals surface area contributed by atoms with Gasteiger partial charge in [0.05, 0.1) is 23.5 Å². The molecule has 4 nitrogen and oxygen atoms in total. The first-order valence-corrected chi connectivity index (χ1v) is 6.77. The van der Waals surface area contributed by atoms with E-state index in [0.717, 1.165) is 23.4 Å². The van der Waals surface area contributed by atoms with Crippen LogP contribution in [-0.4, -0.2) is 21.4 Å². The second-order valence-electron chi connectivity index (χ2n) is 5.17. The number of imidazole rings is 1. The Morgan fingerprint density at radius 2 is 2.05 bits per heavy atom. The average molecular weight is 259 g/mol. The molecule has 19 heavy (non-hydrogen) atoms. The highest BCUT2D eigenvalue weighted by atomic mass is 16.1. The van der Waals surface area contributed by atoms with E-state index in [9.17, 15) is 4.79 Å². The van der Waals surface area contributed by atoms with Crippen LogP contribution in [0.2, 0.25) is 0 Å². The minimum absolute atomic E-state index is 0.0556. The van der Waals surface area contributed by atoms with Gasteiger partial charge in [-0.25, -0.2) is 4.98 Å². The van der Waals surface area contributed by atoms with Crippen LogP contribution in [0.3, 0.4) is 0 Å². The number of hydrogen-bond acceptors (Lipinski definition) is 3. The highest BCUT2D eigenvalue weighted by Gasteiger charge is 2.20. The molecular weight excluding hydrogens is 238 g/mol. The van der Waals surface area contributed by atoms with Crippen LogP contribution in [0.5, 0.6) is 0 Å². The van der Waals surface area contributed by atoms with Crippen molar-refractivity contribution in [3.63, 3.8) is 0 Å². The van der Waals surface area contributed by atoms with Gasteiger partial charge in [-0.15, -0.1) is 0 Å². The number of nitrogens with two attached hydrogens (primary N) is 1. The van der Waals surface area contributed by atoms with Crippen LogP contribution < -0.4 is 5.73 Å². The van der Waals surface area contributed by atoms with Gasteiger partial charge >= 0.3 is 0 Å². The lowest BCUT2D eigenvalue weighted by Crippen LogP contribution is -2.37. The first-order valence-electron chi connectivity index (χ1n) is 6.77. The second kappa shape index (κ2) is 5.53. The standard InChI is InChI=1S/C15H21N3O/c1-4-18-12-8-6-5-7-11(12)17-14(18)9-13(19)15(16)10(2)3/h5-8,10,15H,4,9,16H2,1-3H3. The number of aryl methyl sites for hydroxylation is 1. The lowest BCUT2D eigenvalue weighted by atomic mass is 9.99. The van der Waals surface area contributed by atoms with Gasteiger partial charge in [0.2, 0.25) is 0 Å². The quantitative estimate of drug-likeness (QED) is 0.895. The largest absolute Gasteiger partial charge is 0.328 e. The lowest BCUT2D eigenvalue weighted by Gasteiger charge is -2.14. The number of para-hydroxylation sites is 2. The van der Waals surface area contributed by atoms with Crippen LogP contribution in [-0.2, 0) is 17.8 Å². The molecule has 0 aliphatic heterocycles. The van der Waals surface area contributed by atoms with Crippen molar-refractivity contribution >= 4 is 16.8 Å². The SMILES string of the molecule is CCn1c(CC(=O)C(N)C(C)C)nc2ccccc21. The van der Waals surface area contributed by atoms with Crippen molar-refractivity contribution < 1.29 is 4.79 Å². The number of hydrogen-bond donors (Lipinski definition) is 1. The molecule has 2 rings (SSSR count). The van der Waals surface area contributed by atoms with E-state index in [4.69, 9.17) is 5.73 Å². The maximum absolute atomic E-state index is 12.1. The zero-order valence-electron chi connectivity index (χ0n) is 11.8. The molecule has 0 amide bonds. The maximum atomic E-state index is 12.1. The Morgan fingerprint density at radius 3 is 2.68 bits per heavy atom. The van der Waals surface area contributed by atoms with E-state index < -0.39 is 6.04 Å². The second-order valence-corrected chi connectivity index (χ2v) is 5.17. The summed E-state index contributed by atoms with van der Waals surface area (Å²) in [5.74, 6) is 1.02. The fraction of sp³-hybridized carbons (Fsp3) is 0.467.